The fraction of sp³-hybridized carbons (Fsp3) is 0.312. The number of rotatable bonds is 5. The highest BCUT2D eigenvalue weighted by Crippen LogP contribution is 2.32. The van der Waals surface area contributed by atoms with Crippen LogP contribution < -0.4 is 26.4 Å². The number of halogens is 1. The molecule has 0 radical (unpaired) electrons. The van der Waals surface area contributed by atoms with Crippen molar-refractivity contribution >= 4 is 11.9 Å². The topological polar surface area (TPSA) is 90.7 Å². The summed E-state index contributed by atoms with van der Waals surface area (Å²) < 4.78 is 22.1. The lowest BCUT2D eigenvalue weighted by Gasteiger charge is -2.11. The number of imidazole rings is 1. The minimum Gasteiger partial charge on any atom is -1.00 e. The number of H-pyrrole nitrogens is 1. The number of aryl methyl sites for hydroxylation is 1. The normalized spacial score (nSPS) is 12.9. The Hall–Kier alpha value is -2.74. The fourth-order valence-corrected chi connectivity index (χ4v) is 2.41. The molecule has 2 aromatic rings. The third kappa shape index (κ3) is 3.85. The Balaban J connectivity index is 0.00000225. The van der Waals surface area contributed by atoms with Gasteiger partial charge in [0.2, 0.25) is 6.79 Å². The number of fused-ring (bicyclic) bond motifs is 1. The second-order valence-corrected chi connectivity index (χ2v) is 5.21. The maximum atomic E-state index is 12.4. The number of nitrogens with one attached hydrogen (secondary N) is 1. The van der Waals surface area contributed by atoms with Gasteiger partial charge in [0.1, 0.15) is 19.0 Å². The Morgan fingerprint density at radius 3 is 2.72 bits per heavy atom. The van der Waals surface area contributed by atoms with Crippen molar-refractivity contribution in [3.63, 3.8) is 0 Å². The van der Waals surface area contributed by atoms with E-state index in [0.717, 1.165) is 5.56 Å². The first-order valence-electron chi connectivity index (χ1n) is 7.26. The average molecular weight is 369 g/mol. The van der Waals surface area contributed by atoms with Gasteiger partial charge in [-0.25, -0.2) is 9.55 Å². The molecule has 0 bridgehead atoms. The van der Waals surface area contributed by atoms with Crippen LogP contribution in [0.5, 0.6) is 11.5 Å². The molecule has 2 heterocycles. The summed E-state index contributed by atoms with van der Waals surface area (Å²) in [6.45, 7) is 0.180. The molecular weight excluding hydrogens is 352 g/mol. The molecule has 25 heavy (non-hydrogen) atoms. The lowest BCUT2D eigenvalue weighted by Crippen LogP contribution is -3.00. The standard InChI is InChI=1S/C16H16N2O6.ClH/c1-18-6-5-17-14(18)13(15(19)21-2)16(20)22-8-10-3-4-11-12(7-10)24-9-23-11;/h3-7,13H,8-9H2,1-2H3;1H. The summed E-state index contributed by atoms with van der Waals surface area (Å²) in [5.74, 6) is -0.928. The number of hydrogen-bond acceptors (Lipinski definition) is 6. The molecule has 3 rings (SSSR count). The highest BCUT2D eigenvalue weighted by Gasteiger charge is 2.38. The van der Waals surface area contributed by atoms with E-state index in [4.69, 9.17) is 18.9 Å². The van der Waals surface area contributed by atoms with E-state index in [2.05, 4.69) is 4.98 Å². The third-order valence-corrected chi connectivity index (χ3v) is 3.67. The van der Waals surface area contributed by atoms with Crippen molar-refractivity contribution in [3.05, 3.63) is 42.0 Å². The first-order chi connectivity index (χ1) is 11.6. The van der Waals surface area contributed by atoms with E-state index in [0.29, 0.717) is 17.3 Å². The molecule has 1 aromatic heterocycles. The van der Waals surface area contributed by atoms with Crippen molar-refractivity contribution in [2.75, 3.05) is 13.9 Å². The number of carbonyl (C=O) groups excluding carboxylic acids is 2. The molecule has 1 aromatic carbocycles. The van der Waals surface area contributed by atoms with Crippen LogP contribution in [0, 0.1) is 0 Å². The Morgan fingerprint density at radius 2 is 2.04 bits per heavy atom. The summed E-state index contributed by atoms with van der Waals surface area (Å²) in [5, 5.41) is 0. The average Bonchev–Trinajstić information content (AvgIpc) is 3.21. The summed E-state index contributed by atoms with van der Waals surface area (Å²) in [6.07, 6.45) is 3.31. The largest absolute Gasteiger partial charge is 1.00 e. The number of carbonyl (C=O) groups is 2. The quantitative estimate of drug-likeness (QED) is 0.358. The Bertz CT molecular complexity index is 776. The van der Waals surface area contributed by atoms with Gasteiger partial charge in [-0.3, -0.25) is 9.59 Å². The van der Waals surface area contributed by atoms with Crippen LogP contribution in [0.2, 0.25) is 0 Å². The molecular formula is C16H17ClN2O6. The number of methoxy groups -OCH3 is 1. The number of nitrogens with zero attached hydrogens (tertiary/aromatic N) is 1. The van der Waals surface area contributed by atoms with E-state index >= 15 is 0 Å². The molecule has 8 nitrogen and oxygen atoms in total. The molecule has 1 aliphatic heterocycles. The van der Waals surface area contributed by atoms with Crippen LogP contribution >= 0.6 is 0 Å². The molecule has 1 atom stereocenters. The maximum absolute atomic E-state index is 12.4. The van der Waals surface area contributed by atoms with E-state index in [1.165, 1.54) is 7.11 Å². The zero-order valence-electron chi connectivity index (χ0n) is 13.7. The van der Waals surface area contributed by atoms with Crippen molar-refractivity contribution in [3.8, 4) is 11.5 Å². The van der Waals surface area contributed by atoms with Crippen LogP contribution in [0.15, 0.2) is 30.6 Å². The molecule has 0 fully saturated rings. The summed E-state index contributed by atoms with van der Waals surface area (Å²) in [4.78, 5) is 27.2. The zero-order chi connectivity index (χ0) is 17.1. The monoisotopic (exact) mass is 368 g/mol. The Morgan fingerprint density at radius 1 is 1.28 bits per heavy atom. The van der Waals surface area contributed by atoms with E-state index in [1.807, 2.05) is 0 Å². The third-order valence-electron chi connectivity index (χ3n) is 3.67. The minimum atomic E-state index is -1.18. The van der Waals surface area contributed by atoms with E-state index in [-0.39, 0.29) is 25.8 Å². The molecule has 1 unspecified atom stereocenters. The first kappa shape index (κ1) is 18.6. The van der Waals surface area contributed by atoms with Crippen molar-refractivity contribution in [1.29, 1.82) is 0 Å². The minimum absolute atomic E-state index is 0. The van der Waals surface area contributed by atoms with Gasteiger partial charge in [0.25, 0.3) is 11.7 Å². The van der Waals surface area contributed by atoms with Gasteiger partial charge in [-0.05, 0) is 17.7 Å². The summed E-state index contributed by atoms with van der Waals surface area (Å²) >= 11 is 0. The maximum Gasteiger partial charge on any atom is 0.333 e. The highest BCUT2D eigenvalue weighted by atomic mass is 35.5. The molecule has 134 valence electrons. The lowest BCUT2D eigenvalue weighted by molar-refractivity contribution is -0.678. The van der Waals surface area contributed by atoms with E-state index in [1.54, 1.807) is 42.2 Å². The molecule has 0 spiro atoms. The van der Waals surface area contributed by atoms with Gasteiger partial charge in [0.15, 0.2) is 11.5 Å². The van der Waals surface area contributed by atoms with Gasteiger partial charge in [-0.1, -0.05) is 6.07 Å². The van der Waals surface area contributed by atoms with Crippen molar-refractivity contribution in [1.82, 2.24) is 4.98 Å². The number of aromatic amines is 1. The van der Waals surface area contributed by atoms with Crippen molar-refractivity contribution in [2.45, 2.75) is 12.5 Å². The molecule has 0 saturated carbocycles. The number of ether oxygens (including phenoxy) is 4. The number of aromatic nitrogens is 2. The van der Waals surface area contributed by atoms with Gasteiger partial charge in [-0.15, -0.1) is 0 Å². The van der Waals surface area contributed by atoms with Crippen LogP contribution in [0.3, 0.4) is 0 Å². The SMILES string of the molecule is COC(=O)C(C(=O)OCc1ccc2c(c1)OCO2)c1[nH]cc[n+]1C.[Cl-]. The molecule has 1 N–H and O–H groups in total. The van der Waals surface area contributed by atoms with Crippen LogP contribution in [0.1, 0.15) is 17.3 Å². The molecule has 0 amide bonds. The van der Waals surface area contributed by atoms with E-state index in [9.17, 15) is 9.59 Å². The van der Waals surface area contributed by atoms with Crippen LogP contribution in [0.4, 0.5) is 0 Å². The van der Waals surface area contributed by atoms with Crippen LogP contribution in [-0.2, 0) is 32.7 Å². The lowest BCUT2D eigenvalue weighted by atomic mass is 10.1. The zero-order valence-corrected chi connectivity index (χ0v) is 14.4. The van der Waals surface area contributed by atoms with Gasteiger partial charge in [0.05, 0.1) is 14.2 Å². The highest BCUT2D eigenvalue weighted by molar-refractivity contribution is 5.99. The number of benzene rings is 1. The van der Waals surface area contributed by atoms with Crippen molar-refractivity contribution < 1.29 is 45.5 Å². The van der Waals surface area contributed by atoms with Gasteiger partial charge >= 0.3 is 11.9 Å². The van der Waals surface area contributed by atoms with E-state index < -0.39 is 17.9 Å². The summed E-state index contributed by atoms with van der Waals surface area (Å²) in [5.41, 5.74) is 0.729. The van der Waals surface area contributed by atoms with Crippen LogP contribution in [-0.4, -0.2) is 30.8 Å². The molecule has 9 heteroatoms. The summed E-state index contributed by atoms with van der Waals surface area (Å²) in [7, 11) is 2.94. The fourth-order valence-electron chi connectivity index (χ4n) is 2.41. The van der Waals surface area contributed by atoms with Gasteiger partial charge < -0.3 is 31.4 Å². The predicted molar refractivity (Wildman–Crippen MR) is 79.1 cm³/mol. The molecule has 1 aliphatic rings. The first-order valence-corrected chi connectivity index (χ1v) is 7.26. The number of esters is 2. The smallest absolute Gasteiger partial charge is 0.333 e. The number of hydrogen-bond donors (Lipinski definition) is 1. The Kier molecular flexibility index (Phi) is 5.87. The Labute approximate surface area is 150 Å². The summed E-state index contributed by atoms with van der Waals surface area (Å²) in [6, 6.07) is 5.24. The van der Waals surface area contributed by atoms with Gasteiger partial charge in [-0.2, -0.15) is 0 Å². The predicted octanol–water partition coefficient (Wildman–Crippen LogP) is -2.43. The second kappa shape index (κ2) is 7.89. The molecule has 0 aliphatic carbocycles. The van der Waals surface area contributed by atoms with Crippen molar-refractivity contribution in [2.24, 2.45) is 7.05 Å². The molecule has 0 saturated heterocycles. The van der Waals surface area contributed by atoms with Gasteiger partial charge in [0, 0.05) is 0 Å². The van der Waals surface area contributed by atoms with Crippen LogP contribution in [0.25, 0.3) is 0 Å². The second-order valence-electron chi connectivity index (χ2n) is 5.21.